The Hall–Kier alpha value is -1.10. The van der Waals surface area contributed by atoms with Crippen LogP contribution in [0.3, 0.4) is 0 Å². The number of piperidine rings is 1. The van der Waals surface area contributed by atoms with Crippen molar-refractivity contribution < 1.29 is 0 Å². The van der Waals surface area contributed by atoms with E-state index in [-0.39, 0.29) is 12.4 Å². The Bertz CT molecular complexity index is 543. The zero-order valence-corrected chi connectivity index (χ0v) is 12.1. The van der Waals surface area contributed by atoms with Crippen molar-refractivity contribution in [3.63, 3.8) is 0 Å². The van der Waals surface area contributed by atoms with Crippen molar-refractivity contribution in [1.29, 1.82) is 0 Å². The first kappa shape index (κ1) is 14.3. The number of rotatable bonds is 2. The molecule has 0 spiro atoms. The van der Waals surface area contributed by atoms with Crippen molar-refractivity contribution in [1.82, 2.24) is 14.5 Å². The fourth-order valence-corrected chi connectivity index (χ4v) is 2.65. The summed E-state index contributed by atoms with van der Waals surface area (Å²) in [6, 6.07) is 8.69. The molecular weight excluding hydrogens is 260 g/mol. The smallest absolute Gasteiger partial charge is 0.123 e. The Morgan fingerprint density at radius 3 is 2.63 bits per heavy atom. The zero-order valence-electron chi connectivity index (χ0n) is 11.2. The van der Waals surface area contributed by atoms with Crippen molar-refractivity contribution in [2.75, 3.05) is 13.1 Å². The van der Waals surface area contributed by atoms with E-state index in [0.717, 1.165) is 43.8 Å². The summed E-state index contributed by atoms with van der Waals surface area (Å²) in [6.07, 6.45) is 2.20. The van der Waals surface area contributed by atoms with E-state index in [0.29, 0.717) is 6.04 Å². The monoisotopic (exact) mass is 280 g/mol. The van der Waals surface area contributed by atoms with Gasteiger partial charge in [-0.15, -0.1) is 12.4 Å². The maximum Gasteiger partial charge on any atom is 0.123 e. The van der Waals surface area contributed by atoms with Gasteiger partial charge in [0, 0.05) is 26.2 Å². The Labute approximate surface area is 120 Å². The van der Waals surface area contributed by atoms with Gasteiger partial charge in [0.05, 0.1) is 17.6 Å². The molecule has 1 aromatic heterocycles. The van der Waals surface area contributed by atoms with Crippen LogP contribution >= 0.6 is 12.4 Å². The third-order valence-corrected chi connectivity index (χ3v) is 3.88. The first-order chi connectivity index (χ1) is 8.74. The van der Waals surface area contributed by atoms with E-state index < -0.39 is 0 Å². The molecule has 0 aliphatic carbocycles. The van der Waals surface area contributed by atoms with Gasteiger partial charge in [0.25, 0.3) is 0 Å². The summed E-state index contributed by atoms with van der Waals surface area (Å²) in [5, 5.41) is 0. The average Bonchev–Trinajstić information content (AvgIpc) is 2.70. The van der Waals surface area contributed by atoms with Crippen LogP contribution < -0.4 is 5.73 Å². The van der Waals surface area contributed by atoms with Crippen LogP contribution in [0.15, 0.2) is 24.3 Å². The molecule has 0 bridgehead atoms. The maximum absolute atomic E-state index is 5.93. The predicted octanol–water partition coefficient (Wildman–Crippen LogP) is 1.92. The number of hydrogen-bond donors (Lipinski definition) is 1. The molecule has 0 atom stereocenters. The number of hydrogen-bond acceptors (Lipinski definition) is 3. The van der Waals surface area contributed by atoms with Crippen LogP contribution in [0.5, 0.6) is 0 Å². The summed E-state index contributed by atoms with van der Waals surface area (Å²) in [5.41, 5.74) is 8.23. The van der Waals surface area contributed by atoms with Crippen LogP contribution in [0, 0.1) is 0 Å². The highest BCUT2D eigenvalue weighted by molar-refractivity contribution is 5.85. The number of benzene rings is 1. The number of nitrogens with two attached hydrogens (primary N) is 1. The summed E-state index contributed by atoms with van der Waals surface area (Å²) in [4.78, 5) is 7.16. The molecule has 2 aromatic rings. The van der Waals surface area contributed by atoms with Gasteiger partial charge in [0.15, 0.2) is 0 Å². The Kier molecular flexibility index (Phi) is 4.45. The largest absolute Gasteiger partial charge is 0.330 e. The predicted molar refractivity (Wildman–Crippen MR) is 80.4 cm³/mol. The topological polar surface area (TPSA) is 47.1 Å². The molecule has 1 fully saturated rings. The number of nitrogens with zero attached hydrogens (tertiary/aromatic N) is 3. The van der Waals surface area contributed by atoms with Crippen LogP contribution in [0.4, 0.5) is 0 Å². The lowest BCUT2D eigenvalue weighted by Crippen LogP contribution is -2.39. The molecule has 2 N–H and O–H groups in total. The number of halogens is 1. The maximum atomic E-state index is 5.93. The van der Waals surface area contributed by atoms with Gasteiger partial charge in [-0.25, -0.2) is 4.98 Å². The highest BCUT2D eigenvalue weighted by Crippen LogP contribution is 2.17. The summed E-state index contributed by atoms with van der Waals surface area (Å²) >= 11 is 0. The van der Waals surface area contributed by atoms with E-state index in [1.165, 1.54) is 5.52 Å². The van der Waals surface area contributed by atoms with Crippen molar-refractivity contribution in [2.24, 2.45) is 12.8 Å². The minimum absolute atomic E-state index is 0. The second-order valence-electron chi connectivity index (χ2n) is 5.19. The first-order valence-corrected chi connectivity index (χ1v) is 6.62. The average molecular weight is 281 g/mol. The molecule has 5 heteroatoms. The van der Waals surface area contributed by atoms with E-state index in [2.05, 4.69) is 34.7 Å². The normalized spacial score (nSPS) is 17.6. The Balaban J connectivity index is 0.00000133. The molecule has 0 amide bonds. The molecule has 3 rings (SSSR count). The lowest BCUT2D eigenvalue weighted by molar-refractivity contribution is 0.200. The lowest BCUT2D eigenvalue weighted by Gasteiger charge is -2.29. The van der Waals surface area contributed by atoms with E-state index in [1.807, 2.05) is 6.07 Å². The number of aromatic nitrogens is 2. The van der Waals surface area contributed by atoms with Crippen LogP contribution in [0.2, 0.25) is 0 Å². The molecule has 1 aromatic carbocycles. The summed E-state index contributed by atoms with van der Waals surface area (Å²) in [5.74, 6) is 1.15. The van der Waals surface area contributed by atoms with Gasteiger partial charge in [-0.05, 0) is 25.0 Å². The number of aryl methyl sites for hydroxylation is 1. The molecule has 1 aliphatic heterocycles. The molecule has 1 saturated heterocycles. The molecule has 0 radical (unpaired) electrons. The van der Waals surface area contributed by atoms with Gasteiger partial charge < -0.3 is 10.3 Å². The van der Waals surface area contributed by atoms with Crippen LogP contribution in [0.1, 0.15) is 18.7 Å². The van der Waals surface area contributed by atoms with Crippen LogP contribution in [0.25, 0.3) is 11.0 Å². The Morgan fingerprint density at radius 2 is 1.95 bits per heavy atom. The quantitative estimate of drug-likeness (QED) is 0.914. The van der Waals surface area contributed by atoms with Crippen molar-refractivity contribution in [3.8, 4) is 0 Å². The van der Waals surface area contributed by atoms with Gasteiger partial charge in [-0.2, -0.15) is 0 Å². The summed E-state index contributed by atoms with van der Waals surface area (Å²) in [7, 11) is 2.10. The minimum atomic E-state index is 0. The number of fused-ring (bicyclic) bond motifs is 1. The van der Waals surface area contributed by atoms with Crippen molar-refractivity contribution >= 4 is 23.4 Å². The van der Waals surface area contributed by atoms with Gasteiger partial charge in [-0.3, -0.25) is 4.90 Å². The fourth-order valence-electron chi connectivity index (χ4n) is 2.65. The second-order valence-corrected chi connectivity index (χ2v) is 5.19. The molecule has 1 aliphatic rings. The number of imidazole rings is 1. The molecule has 104 valence electrons. The van der Waals surface area contributed by atoms with Gasteiger partial charge in [-0.1, -0.05) is 12.1 Å². The standard InChI is InChI=1S/C14H20N4.ClH/c1-17-13-5-3-2-4-12(13)16-14(17)10-18-8-6-11(15)7-9-18;/h2-5,11H,6-10,15H2,1H3;1H. The Morgan fingerprint density at radius 1 is 1.26 bits per heavy atom. The van der Waals surface area contributed by atoms with Gasteiger partial charge >= 0.3 is 0 Å². The molecule has 4 nitrogen and oxygen atoms in total. The molecule has 0 unspecified atom stereocenters. The van der Waals surface area contributed by atoms with E-state index >= 15 is 0 Å². The second kappa shape index (κ2) is 5.90. The van der Waals surface area contributed by atoms with Crippen LogP contribution in [-0.4, -0.2) is 33.6 Å². The molecule has 0 saturated carbocycles. The third-order valence-electron chi connectivity index (χ3n) is 3.88. The molecular formula is C14H21ClN4. The molecule has 19 heavy (non-hydrogen) atoms. The zero-order chi connectivity index (χ0) is 12.5. The van der Waals surface area contributed by atoms with Crippen molar-refractivity contribution in [3.05, 3.63) is 30.1 Å². The number of para-hydroxylation sites is 2. The van der Waals surface area contributed by atoms with Gasteiger partial charge in [0.1, 0.15) is 5.82 Å². The van der Waals surface area contributed by atoms with E-state index in [1.54, 1.807) is 0 Å². The van der Waals surface area contributed by atoms with E-state index in [9.17, 15) is 0 Å². The highest BCUT2D eigenvalue weighted by atomic mass is 35.5. The number of likely N-dealkylation sites (tertiary alicyclic amines) is 1. The lowest BCUT2D eigenvalue weighted by atomic mass is 10.1. The summed E-state index contributed by atoms with van der Waals surface area (Å²) in [6.45, 7) is 3.10. The minimum Gasteiger partial charge on any atom is -0.330 e. The van der Waals surface area contributed by atoms with Gasteiger partial charge in [0.2, 0.25) is 0 Å². The highest BCUT2D eigenvalue weighted by Gasteiger charge is 2.18. The summed E-state index contributed by atoms with van der Waals surface area (Å²) < 4.78 is 2.20. The molecule has 2 heterocycles. The fraction of sp³-hybridized carbons (Fsp3) is 0.500. The third kappa shape index (κ3) is 2.91. The first-order valence-electron chi connectivity index (χ1n) is 6.62. The van der Waals surface area contributed by atoms with E-state index in [4.69, 9.17) is 10.7 Å². The van der Waals surface area contributed by atoms with Crippen LogP contribution in [-0.2, 0) is 13.6 Å². The SMILES string of the molecule is Cl.Cn1c(CN2CCC(N)CC2)nc2ccccc21. The van der Waals surface area contributed by atoms with Crippen molar-refractivity contribution in [2.45, 2.75) is 25.4 Å².